The van der Waals surface area contributed by atoms with Crippen molar-refractivity contribution in [2.45, 2.75) is 0 Å². The predicted octanol–water partition coefficient (Wildman–Crippen LogP) is 1.98. The molecular formula is C18H14BrMgNO. The third-order valence-corrected chi connectivity index (χ3v) is 2.98. The van der Waals surface area contributed by atoms with E-state index in [2.05, 4.69) is 17.6 Å². The second-order valence-electron chi connectivity index (χ2n) is 4.38. The average Bonchev–Trinajstić information content (AvgIpc) is 2.55. The van der Waals surface area contributed by atoms with Crippen molar-refractivity contribution in [1.29, 1.82) is 0 Å². The van der Waals surface area contributed by atoms with Crippen molar-refractivity contribution in [3.8, 4) is 16.9 Å². The standard InChI is InChI=1S/C18H14NO.BrH.Mg/c1-3-9-15(10-4-1)17-13-7-8-14-18(17)19-20-16-11-5-2-6-12-16;;/h1-14H;1H;/q-1;;+2/p-1. The Balaban J connectivity index is 0.00000121. The third kappa shape index (κ3) is 4.76. The van der Waals surface area contributed by atoms with E-state index in [0.29, 0.717) is 0 Å². The number of rotatable bonds is 4. The number of nitrogens with zero attached hydrogens (tertiary/aromatic N) is 1. The molecule has 0 radical (unpaired) electrons. The van der Waals surface area contributed by atoms with Crippen molar-refractivity contribution in [2.75, 3.05) is 0 Å². The molecule has 0 aromatic heterocycles. The van der Waals surface area contributed by atoms with Crippen LogP contribution in [0.25, 0.3) is 16.6 Å². The van der Waals surface area contributed by atoms with E-state index in [9.17, 15) is 0 Å². The molecule has 0 aliphatic carbocycles. The Morgan fingerprint density at radius 1 is 0.636 bits per heavy atom. The molecule has 0 atom stereocenters. The smallest absolute Gasteiger partial charge is 1.00 e. The molecule has 0 saturated heterocycles. The van der Waals surface area contributed by atoms with Gasteiger partial charge in [-0.1, -0.05) is 72.8 Å². The molecule has 0 aliphatic heterocycles. The number of benzene rings is 3. The Bertz CT molecular complexity index is 677. The van der Waals surface area contributed by atoms with Crippen LogP contribution >= 0.6 is 0 Å². The maximum atomic E-state index is 5.48. The normalized spacial score (nSPS) is 9.09. The minimum atomic E-state index is 0. The fourth-order valence-electron chi connectivity index (χ4n) is 2.00. The summed E-state index contributed by atoms with van der Waals surface area (Å²) in [6.07, 6.45) is 0. The summed E-state index contributed by atoms with van der Waals surface area (Å²) in [7, 11) is 0. The summed E-state index contributed by atoms with van der Waals surface area (Å²) in [5, 5.41) is 0. The van der Waals surface area contributed by atoms with Crippen molar-refractivity contribution < 1.29 is 21.8 Å². The maximum absolute atomic E-state index is 5.48. The van der Waals surface area contributed by atoms with Crippen LogP contribution in [-0.2, 0) is 0 Å². The van der Waals surface area contributed by atoms with Gasteiger partial charge in [-0.3, -0.25) is 0 Å². The van der Waals surface area contributed by atoms with E-state index in [-0.39, 0.29) is 40.0 Å². The Hall–Kier alpha value is -1.49. The summed E-state index contributed by atoms with van der Waals surface area (Å²) in [4.78, 5) is 5.48. The molecule has 0 aliphatic rings. The second kappa shape index (κ2) is 9.51. The van der Waals surface area contributed by atoms with Gasteiger partial charge in [0.25, 0.3) is 0 Å². The van der Waals surface area contributed by atoms with Crippen molar-refractivity contribution in [3.63, 3.8) is 0 Å². The number of para-hydroxylation sites is 1. The molecule has 0 saturated carbocycles. The molecule has 4 heteroatoms. The monoisotopic (exact) mass is 363 g/mol. The van der Waals surface area contributed by atoms with Gasteiger partial charge in [0.15, 0.2) is 0 Å². The van der Waals surface area contributed by atoms with E-state index in [0.717, 1.165) is 22.6 Å². The van der Waals surface area contributed by atoms with Gasteiger partial charge in [0.2, 0.25) is 0 Å². The van der Waals surface area contributed by atoms with Gasteiger partial charge >= 0.3 is 23.1 Å². The molecule has 0 bridgehead atoms. The molecule has 0 heterocycles. The molecule has 0 spiro atoms. The zero-order valence-corrected chi connectivity index (χ0v) is 15.0. The summed E-state index contributed by atoms with van der Waals surface area (Å²) >= 11 is 0. The Labute approximate surface area is 157 Å². The van der Waals surface area contributed by atoms with Crippen LogP contribution < -0.4 is 21.8 Å². The second-order valence-corrected chi connectivity index (χ2v) is 4.38. The summed E-state index contributed by atoms with van der Waals surface area (Å²) in [5.41, 5.74) is 7.26. The number of halogens is 1. The molecule has 106 valence electrons. The van der Waals surface area contributed by atoms with Gasteiger partial charge in [-0.2, -0.15) is 0 Å². The molecule has 3 aromatic rings. The van der Waals surface area contributed by atoms with E-state index in [1.807, 2.05) is 72.8 Å². The molecule has 0 N–H and O–H groups in total. The van der Waals surface area contributed by atoms with Crippen molar-refractivity contribution >= 4 is 28.7 Å². The molecular weight excluding hydrogens is 350 g/mol. The van der Waals surface area contributed by atoms with E-state index in [1.165, 1.54) is 0 Å². The van der Waals surface area contributed by atoms with Crippen LogP contribution in [0.2, 0.25) is 0 Å². The molecule has 0 amide bonds. The Morgan fingerprint density at radius 2 is 1.18 bits per heavy atom. The van der Waals surface area contributed by atoms with Crippen LogP contribution in [0.15, 0.2) is 84.9 Å². The zero-order chi connectivity index (χ0) is 13.6. The van der Waals surface area contributed by atoms with Crippen LogP contribution in [0, 0.1) is 0 Å². The zero-order valence-electron chi connectivity index (χ0n) is 12.0. The van der Waals surface area contributed by atoms with Gasteiger partial charge in [-0.15, -0.1) is 5.69 Å². The quantitative estimate of drug-likeness (QED) is 0.513. The first-order valence-corrected chi connectivity index (χ1v) is 6.51. The SMILES string of the molecule is [Br-].[Mg+2].c1ccc(O[N-]c2ccccc2-c2ccccc2)cc1. The van der Waals surface area contributed by atoms with Gasteiger partial charge < -0.3 is 27.3 Å². The van der Waals surface area contributed by atoms with Crippen molar-refractivity contribution in [1.82, 2.24) is 0 Å². The fraction of sp³-hybridized carbons (Fsp3) is 0. The van der Waals surface area contributed by atoms with Gasteiger partial charge in [-0.05, 0) is 23.3 Å². The molecule has 22 heavy (non-hydrogen) atoms. The summed E-state index contributed by atoms with van der Waals surface area (Å²) in [5.74, 6) is 0.732. The Kier molecular flexibility index (Phi) is 8.02. The Morgan fingerprint density at radius 3 is 1.86 bits per heavy atom. The van der Waals surface area contributed by atoms with E-state index < -0.39 is 0 Å². The molecule has 2 nitrogen and oxygen atoms in total. The fourth-order valence-corrected chi connectivity index (χ4v) is 2.00. The molecule has 0 unspecified atom stereocenters. The largest absolute Gasteiger partial charge is 2.00 e. The van der Waals surface area contributed by atoms with Gasteiger partial charge in [-0.25, -0.2) is 0 Å². The first-order chi connectivity index (χ1) is 9.93. The molecule has 3 aromatic carbocycles. The topological polar surface area (TPSA) is 23.3 Å². The summed E-state index contributed by atoms with van der Waals surface area (Å²) in [6, 6.07) is 27.7. The van der Waals surface area contributed by atoms with Crippen molar-refractivity contribution in [3.05, 3.63) is 90.4 Å². The first-order valence-electron chi connectivity index (χ1n) is 6.51. The number of hydrogen-bond donors (Lipinski definition) is 0. The average molecular weight is 365 g/mol. The predicted molar refractivity (Wildman–Crippen MR) is 87.7 cm³/mol. The van der Waals surface area contributed by atoms with E-state index in [1.54, 1.807) is 0 Å². The third-order valence-electron chi connectivity index (χ3n) is 2.98. The minimum absolute atomic E-state index is 0. The van der Waals surface area contributed by atoms with Crippen LogP contribution in [0.3, 0.4) is 0 Å². The van der Waals surface area contributed by atoms with Crippen molar-refractivity contribution in [2.24, 2.45) is 0 Å². The van der Waals surface area contributed by atoms with Crippen LogP contribution in [0.4, 0.5) is 5.69 Å². The maximum Gasteiger partial charge on any atom is 2.00 e. The van der Waals surface area contributed by atoms with Crippen LogP contribution in [-0.4, -0.2) is 23.1 Å². The van der Waals surface area contributed by atoms with Crippen LogP contribution in [0.1, 0.15) is 0 Å². The summed E-state index contributed by atoms with van der Waals surface area (Å²) in [6.45, 7) is 0. The molecule has 0 fully saturated rings. The minimum Gasteiger partial charge on any atom is -1.00 e. The summed E-state index contributed by atoms with van der Waals surface area (Å²) < 4.78 is 0. The van der Waals surface area contributed by atoms with Gasteiger partial charge in [0, 0.05) is 0 Å². The van der Waals surface area contributed by atoms with Gasteiger partial charge in [0.1, 0.15) is 5.75 Å². The number of hydrogen-bond acceptors (Lipinski definition) is 1. The molecule has 3 rings (SSSR count). The van der Waals surface area contributed by atoms with E-state index in [4.69, 9.17) is 4.84 Å². The van der Waals surface area contributed by atoms with Crippen LogP contribution in [0.5, 0.6) is 5.75 Å². The van der Waals surface area contributed by atoms with E-state index >= 15 is 0 Å². The first kappa shape index (κ1) is 18.6. The van der Waals surface area contributed by atoms with Gasteiger partial charge in [0.05, 0.1) is 0 Å².